The standard InChI is InChI=1S/C35H34Cl2F3NO3.CH2O2/c1-6-7-28(37)18-25(14-15-36)33-23(4)41(34(42)44-33)20-26-17-27(35(38,39)40)10-12-30(26)31-19-24(9-13-32(31)43-5)29-11-8-21(2)16-22(29)3;2-1-3/h7-19,23,33H,6,20H2,1-5H3;1H,(H,2,3)/b15-14+,25-18+,28-7+;. The van der Waals surface area contributed by atoms with E-state index in [2.05, 4.69) is 6.07 Å². The minimum absolute atomic E-state index is 0.136. The molecule has 1 N–H and O–H groups in total. The fourth-order valence-electron chi connectivity index (χ4n) is 5.44. The molecule has 2 atom stereocenters. The minimum atomic E-state index is -4.58. The van der Waals surface area contributed by atoms with Crippen LogP contribution < -0.4 is 4.74 Å². The van der Waals surface area contributed by atoms with Gasteiger partial charge in [-0.2, -0.15) is 13.2 Å². The number of carbonyl (C=O) groups is 2. The van der Waals surface area contributed by atoms with Gasteiger partial charge in [-0.1, -0.05) is 72.1 Å². The largest absolute Gasteiger partial charge is 0.496 e. The first-order valence-corrected chi connectivity index (χ1v) is 15.5. The van der Waals surface area contributed by atoms with Gasteiger partial charge < -0.3 is 14.6 Å². The molecule has 1 saturated heterocycles. The number of allylic oxidation sites excluding steroid dienone is 3. The lowest BCUT2D eigenvalue weighted by atomic mass is 9.91. The van der Waals surface area contributed by atoms with Crippen LogP contribution in [0.2, 0.25) is 0 Å². The van der Waals surface area contributed by atoms with Gasteiger partial charge in [0.2, 0.25) is 0 Å². The maximum absolute atomic E-state index is 13.9. The predicted molar refractivity (Wildman–Crippen MR) is 180 cm³/mol. The number of hydrogen-bond acceptors (Lipinski definition) is 4. The van der Waals surface area contributed by atoms with Crippen LogP contribution >= 0.6 is 23.2 Å². The monoisotopic (exact) mass is 689 g/mol. The van der Waals surface area contributed by atoms with Gasteiger partial charge in [-0.3, -0.25) is 9.69 Å². The van der Waals surface area contributed by atoms with Crippen LogP contribution in [0.4, 0.5) is 18.0 Å². The van der Waals surface area contributed by atoms with E-state index in [-0.39, 0.29) is 13.0 Å². The van der Waals surface area contributed by atoms with E-state index in [4.69, 9.17) is 42.6 Å². The quantitative estimate of drug-likeness (QED) is 0.179. The Morgan fingerprint density at radius 2 is 1.74 bits per heavy atom. The molecule has 2 unspecified atom stereocenters. The molecule has 0 aromatic heterocycles. The number of rotatable bonds is 9. The summed E-state index contributed by atoms with van der Waals surface area (Å²) >= 11 is 12.2. The van der Waals surface area contributed by atoms with Crippen molar-refractivity contribution in [1.29, 1.82) is 0 Å². The first-order chi connectivity index (χ1) is 22.3. The first kappa shape index (κ1) is 37.2. The van der Waals surface area contributed by atoms with E-state index in [1.807, 2.05) is 45.0 Å². The highest BCUT2D eigenvalue weighted by molar-refractivity contribution is 6.31. The SMILES string of the molecule is CC\C=C(Cl)/C=C(\C=C\Cl)C1OC(=O)N(Cc2cc(C(F)(F)F)ccc2-c2cc(-c3ccc(C)cc3C)ccc2OC)C1C.O=CO. The summed E-state index contributed by atoms with van der Waals surface area (Å²) in [5, 5.41) is 7.34. The molecular formula is C36H36Cl2F3NO5. The van der Waals surface area contributed by atoms with Crippen LogP contribution in [-0.2, 0) is 22.3 Å². The zero-order valence-corrected chi connectivity index (χ0v) is 28.1. The topological polar surface area (TPSA) is 76.1 Å². The molecule has 250 valence electrons. The maximum Gasteiger partial charge on any atom is 0.416 e. The highest BCUT2D eigenvalue weighted by Gasteiger charge is 2.41. The lowest BCUT2D eigenvalue weighted by Gasteiger charge is -2.24. The molecule has 3 aromatic carbocycles. The molecule has 47 heavy (non-hydrogen) atoms. The van der Waals surface area contributed by atoms with E-state index in [9.17, 15) is 18.0 Å². The number of hydrogen-bond donors (Lipinski definition) is 1. The van der Waals surface area contributed by atoms with Crippen molar-refractivity contribution in [3.63, 3.8) is 0 Å². The van der Waals surface area contributed by atoms with Gasteiger partial charge in [0, 0.05) is 16.1 Å². The third kappa shape index (κ3) is 9.20. The molecule has 11 heteroatoms. The Morgan fingerprint density at radius 1 is 1.06 bits per heavy atom. The fourth-order valence-corrected chi connectivity index (χ4v) is 5.87. The second-order valence-electron chi connectivity index (χ2n) is 10.8. The number of ether oxygens (including phenoxy) is 2. The number of methoxy groups -OCH3 is 1. The molecule has 1 fully saturated rings. The summed E-state index contributed by atoms with van der Waals surface area (Å²) in [4.78, 5) is 23.0. The summed E-state index contributed by atoms with van der Waals surface area (Å²) in [7, 11) is 1.51. The molecule has 6 nitrogen and oxygen atoms in total. The molecule has 1 aliphatic heterocycles. The molecule has 1 heterocycles. The molecule has 1 aliphatic rings. The van der Waals surface area contributed by atoms with Crippen LogP contribution in [0.1, 0.15) is 42.5 Å². The van der Waals surface area contributed by atoms with E-state index in [1.54, 1.807) is 31.2 Å². The van der Waals surface area contributed by atoms with E-state index in [0.29, 0.717) is 39.5 Å². The Kier molecular flexibility index (Phi) is 13.1. The average Bonchev–Trinajstić information content (AvgIpc) is 3.29. The predicted octanol–water partition coefficient (Wildman–Crippen LogP) is 10.3. The van der Waals surface area contributed by atoms with Gasteiger partial charge in [-0.15, -0.1) is 0 Å². The summed E-state index contributed by atoms with van der Waals surface area (Å²) < 4.78 is 53.2. The molecular weight excluding hydrogens is 654 g/mol. The van der Waals surface area contributed by atoms with Crippen molar-refractivity contribution in [1.82, 2.24) is 4.90 Å². The number of benzene rings is 3. The fraction of sp³-hybridized carbons (Fsp3) is 0.278. The Hall–Kier alpha value is -4.21. The summed E-state index contributed by atoms with van der Waals surface area (Å²) in [5.41, 5.74) is 6.52. The lowest BCUT2D eigenvalue weighted by Crippen LogP contribution is -2.34. The van der Waals surface area contributed by atoms with Gasteiger partial charge in [-0.25, -0.2) is 4.79 Å². The molecule has 0 spiro atoms. The Bertz CT molecular complexity index is 1680. The van der Waals surface area contributed by atoms with Crippen LogP contribution in [0.5, 0.6) is 5.75 Å². The van der Waals surface area contributed by atoms with E-state index >= 15 is 0 Å². The van der Waals surface area contributed by atoms with Crippen LogP contribution in [0.25, 0.3) is 22.3 Å². The second-order valence-corrected chi connectivity index (χ2v) is 11.5. The maximum atomic E-state index is 13.9. The van der Waals surface area contributed by atoms with Gasteiger partial charge in [0.1, 0.15) is 11.9 Å². The molecule has 0 saturated carbocycles. The number of carboxylic acid groups (broad SMARTS) is 1. The van der Waals surface area contributed by atoms with Gasteiger partial charge in [0.05, 0.1) is 25.3 Å². The number of nitrogens with zero attached hydrogens (tertiary/aromatic N) is 1. The molecule has 0 aliphatic carbocycles. The van der Waals surface area contributed by atoms with Crippen LogP contribution in [0, 0.1) is 13.8 Å². The van der Waals surface area contributed by atoms with Crippen molar-refractivity contribution >= 4 is 35.8 Å². The van der Waals surface area contributed by atoms with Gasteiger partial charge in [0.25, 0.3) is 6.47 Å². The van der Waals surface area contributed by atoms with Crippen LogP contribution in [-0.4, -0.2) is 41.8 Å². The summed E-state index contributed by atoms with van der Waals surface area (Å²) in [6.07, 6.45) is -0.227. The van der Waals surface area contributed by atoms with Crippen molar-refractivity contribution in [3.05, 3.63) is 111 Å². The van der Waals surface area contributed by atoms with Crippen molar-refractivity contribution < 1.29 is 37.3 Å². The van der Waals surface area contributed by atoms with Crippen LogP contribution in [0.3, 0.4) is 0 Å². The van der Waals surface area contributed by atoms with Crippen molar-refractivity contribution in [2.24, 2.45) is 0 Å². The number of alkyl halides is 3. The molecule has 0 bridgehead atoms. The lowest BCUT2D eigenvalue weighted by molar-refractivity contribution is -0.137. The van der Waals surface area contributed by atoms with Crippen molar-refractivity contribution in [2.75, 3.05) is 7.11 Å². The van der Waals surface area contributed by atoms with Gasteiger partial charge >= 0.3 is 12.3 Å². The summed E-state index contributed by atoms with van der Waals surface area (Å²) in [5.74, 6) is 0.490. The second kappa shape index (κ2) is 16.6. The molecule has 0 radical (unpaired) electrons. The highest BCUT2D eigenvalue weighted by atomic mass is 35.5. The summed E-state index contributed by atoms with van der Waals surface area (Å²) in [6.45, 7) is 7.36. The zero-order chi connectivity index (χ0) is 34.9. The Balaban J connectivity index is 0.00000192. The summed E-state index contributed by atoms with van der Waals surface area (Å²) in [6, 6.07) is 14.8. The van der Waals surface area contributed by atoms with E-state index < -0.39 is 30.0 Å². The average molecular weight is 691 g/mol. The van der Waals surface area contributed by atoms with Gasteiger partial charge in [-0.05, 0) is 97.0 Å². The molecule has 3 aromatic rings. The number of halogens is 5. The van der Waals surface area contributed by atoms with E-state index in [1.165, 1.54) is 23.6 Å². The van der Waals surface area contributed by atoms with Crippen molar-refractivity contribution in [3.8, 4) is 28.0 Å². The number of cyclic esters (lactones) is 1. The van der Waals surface area contributed by atoms with Crippen molar-refractivity contribution in [2.45, 2.75) is 59.0 Å². The van der Waals surface area contributed by atoms with Crippen LogP contribution in [0.15, 0.2) is 89.0 Å². The zero-order valence-electron chi connectivity index (χ0n) is 26.6. The number of carbonyl (C=O) groups excluding carboxylic acids is 1. The number of amides is 1. The third-order valence-corrected chi connectivity index (χ3v) is 8.02. The first-order valence-electron chi connectivity index (χ1n) is 14.6. The minimum Gasteiger partial charge on any atom is -0.496 e. The Morgan fingerprint density at radius 3 is 2.34 bits per heavy atom. The molecule has 1 amide bonds. The molecule has 4 rings (SSSR count). The Labute approximate surface area is 282 Å². The van der Waals surface area contributed by atoms with Gasteiger partial charge in [0.15, 0.2) is 0 Å². The number of aryl methyl sites for hydroxylation is 2. The smallest absolute Gasteiger partial charge is 0.416 e. The highest BCUT2D eigenvalue weighted by Crippen LogP contribution is 2.41. The normalized spacial score (nSPS) is 17.0. The van der Waals surface area contributed by atoms with E-state index in [0.717, 1.165) is 34.4 Å². The third-order valence-electron chi connectivity index (χ3n) is 7.64.